The van der Waals surface area contributed by atoms with E-state index in [9.17, 15) is 15.3 Å². The summed E-state index contributed by atoms with van der Waals surface area (Å²) >= 11 is 0. The van der Waals surface area contributed by atoms with Crippen LogP contribution >= 0.6 is 0 Å². The molecule has 1 aromatic rings. The van der Waals surface area contributed by atoms with Crippen molar-refractivity contribution in [2.75, 3.05) is 6.61 Å². The molecule has 0 radical (unpaired) electrons. The zero-order valence-corrected chi connectivity index (χ0v) is 10.3. The average Bonchev–Trinajstić information content (AvgIpc) is 2.45. The summed E-state index contributed by atoms with van der Waals surface area (Å²) in [4.78, 5) is 0. The van der Waals surface area contributed by atoms with Gasteiger partial charge in [-0.1, -0.05) is 30.3 Å². The van der Waals surface area contributed by atoms with E-state index in [1.165, 1.54) is 0 Å². The standard InChI is InChI=1S/C13H19NO5/c14-9(7-4-2-1-3-5-7)13-12(18)11(17)10(16)8(6-15)19-13/h1-5,8-13,15-18H,6,14H2/t8-,9-,10-,11+,12-,13-/m1/s1. The lowest BCUT2D eigenvalue weighted by Crippen LogP contribution is -2.60. The molecule has 1 aromatic carbocycles. The maximum atomic E-state index is 9.96. The Morgan fingerprint density at radius 1 is 1.05 bits per heavy atom. The highest BCUT2D eigenvalue weighted by Gasteiger charge is 2.45. The summed E-state index contributed by atoms with van der Waals surface area (Å²) < 4.78 is 5.41. The highest BCUT2D eigenvalue weighted by Crippen LogP contribution is 2.28. The predicted octanol–water partition coefficient (Wildman–Crippen LogP) is -1.47. The van der Waals surface area contributed by atoms with Crippen molar-refractivity contribution < 1.29 is 25.2 Å². The number of nitrogens with two attached hydrogens (primary N) is 1. The van der Waals surface area contributed by atoms with Gasteiger partial charge in [0.05, 0.1) is 12.6 Å². The largest absolute Gasteiger partial charge is 0.394 e. The molecule has 0 spiro atoms. The summed E-state index contributed by atoms with van der Waals surface area (Å²) in [5, 5.41) is 38.5. The van der Waals surface area contributed by atoms with E-state index in [1.807, 2.05) is 6.07 Å². The van der Waals surface area contributed by atoms with Gasteiger partial charge in [0.25, 0.3) is 0 Å². The van der Waals surface area contributed by atoms with E-state index in [0.29, 0.717) is 0 Å². The maximum absolute atomic E-state index is 9.96. The second-order valence-corrected chi connectivity index (χ2v) is 4.73. The minimum Gasteiger partial charge on any atom is -0.394 e. The minimum atomic E-state index is -1.40. The second-order valence-electron chi connectivity index (χ2n) is 4.73. The molecule has 0 saturated carbocycles. The third-order valence-corrected chi connectivity index (χ3v) is 3.47. The topological polar surface area (TPSA) is 116 Å². The average molecular weight is 269 g/mol. The fourth-order valence-electron chi connectivity index (χ4n) is 2.29. The maximum Gasteiger partial charge on any atom is 0.111 e. The molecule has 0 amide bonds. The lowest BCUT2D eigenvalue weighted by Gasteiger charge is -2.42. The van der Waals surface area contributed by atoms with Crippen molar-refractivity contribution in [2.45, 2.75) is 36.6 Å². The molecule has 6 atom stereocenters. The van der Waals surface area contributed by atoms with Crippen LogP contribution in [0.3, 0.4) is 0 Å². The molecule has 0 unspecified atom stereocenters. The van der Waals surface area contributed by atoms with E-state index < -0.39 is 43.2 Å². The van der Waals surface area contributed by atoms with Gasteiger partial charge >= 0.3 is 0 Å². The van der Waals surface area contributed by atoms with E-state index in [0.717, 1.165) is 5.56 Å². The lowest BCUT2D eigenvalue weighted by molar-refractivity contribution is -0.234. The van der Waals surface area contributed by atoms with Crippen molar-refractivity contribution in [3.05, 3.63) is 35.9 Å². The molecular weight excluding hydrogens is 250 g/mol. The predicted molar refractivity (Wildman–Crippen MR) is 67.1 cm³/mol. The first-order valence-electron chi connectivity index (χ1n) is 6.17. The Kier molecular flexibility index (Phi) is 4.51. The molecule has 106 valence electrons. The van der Waals surface area contributed by atoms with Gasteiger partial charge in [0.2, 0.25) is 0 Å². The SMILES string of the molecule is N[C@H](c1ccccc1)[C@H]1O[C@H](CO)[C@@H](O)[C@H](O)[C@H]1O. The summed E-state index contributed by atoms with van der Waals surface area (Å²) in [6.45, 7) is -0.455. The molecule has 0 aromatic heterocycles. The smallest absolute Gasteiger partial charge is 0.111 e. The summed E-state index contributed by atoms with van der Waals surface area (Å²) in [6, 6.07) is 8.35. The van der Waals surface area contributed by atoms with Gasteiger partial charge in [-0.2, -0.15) is 0 Å². The van der Waals surface area contributed by atoms with Crippen molar-refractivity contribution in [2.24, 2.45) is 5.73 Å². The monoisotopic (exact) mass is 269 g/mol. The van der Waals surface area contributed by atoms with Crippen LogP contribution in [-0.2, 0) is 4.74 Å². The van der Waals surface area contributed by atoms with Crippen molar-refractivity contribution in [3.8, 4) is 0 Å². The van der Waals surface area contributed by atoms with Crippen LogP contribution in [0.1, 0.15) is 11.6 Å². The van der Waals surface area contributed by atoms with Gasteiger partial charge in [-0.3, -0.25) is 0 Å². The van der Waals surface area contributed by atoms with E-state index >= 15 is 0 Å². The number of aliphatic hydroxyl groups is 4. The number of hydrogen-bond donors (Lipinski definition) is 5. The quantitative estimate of drug-likeness (QED) is 0.457. The van der Waals surface area contributed by atoms with Crippen molar-refractivity contribution in [1.29, 1.82) is 0 Å². The minimum absolute atomic E-state index is 0.455. The fraction of sp³-hybridized carbons (Fsp3) is 0.538. The number of rotatable bonds is 3. The molecule has 1 heterocycles. The Balaban J connectivity index is 2.19. The van der Waals surface area contributed by atoms with Crippen LogP contribution in [0.15, 0.2) is 30.3 Å². The van der Waals surface area contributed by atoms with Crippen LogP contribution < -0.4 is 5.73 Å². The van der Waals surface area contributed by atoms with Crippen LogP contribution in [0.4, 0.5) is 0 Å². The van der Waals surface area contributed by atoms with Crippen molar-refractivity contribution >= 4 is 0 Å². The highest BCUT2D eigenvalue weighted by atomic mass is 16.5. The van der Waals surface area contributed by atoms with E-state index in [-0.39, 0.29) is 0 Å². The fourth-order valence-corrected chi connectivity index (χ4v) is 2.29. The molecule has 0 bridgehead atoms. The third-order valence-electron chi connectivity index (χ3n) is 3.47. The summed E-state index contributed by atoms with van der Waals surface area (Å²) in [6.07, 6.45) is -5.89. The third kappa shape index (κ3) is 2.79. The van der Waals surface area contributed by atoms with Crippen LogP contribution in [-0.4, -0.2) is 57.6 Å². The van der Waals surface area contributed by atoms with Crippen LogP contribution in [0, 0.1) is 0 Å². The highest BCUT2D eigenvalue weighted by molar-refractivity contribution is 5.20. The van der Waals surface area contributed by atoms with Gasteiger partial charge in [0.15, 0.2) is 0 Å². The molecule has 1 saturated heterocycles. The first kappa shape index (κ1) is 14.4. The van der Waals surface area contributed by atoms with Gasteiger partial charge in [-0.15, -0.1) is 0 Å². The molecule has 6 N–H and O–H groups in total. The molecule has 6 heteroatoms. The Hall–Kier alpha value is -1.02. The first-order chi connectivity index (χ1) is 9.06. The van der Waals surface area contributed by atoms with Crippen LogP contribution in [0.25, 0.3) is 0 Å². The molecule has 19 heavy (non-hydrogen) atoms. The molecular formula is C13H19NO5. The summed E-state index contributed by atoms with van der Waals surface area (Å²) in [5.74, 6) is 0. The second kappa shape index (κ2) is 5.96. The van der Waals surface area contributed by atoms with Crippen LogP contribution in [0.2, 0.25) is 0 Å². The number of aliphatic hydroxyl groups excluding tert-OH is 4. The Labute approximate surface area is 111 Å². The normalized spacial score (nSPS) is 37.0. The molecule has 1 aliphatic rings. The summed E-state index contributed by atoms with van der Waals surface area (Å²) in [7, 11) is 0. The summed E-state index contributed by atoms with van der Waals surface area (Å²) in [5.41, 5.74) is 6.77. The van der Waals surface area contributed by atoms with E-state index in [2.05, 4.69) is 0 Å². The van der Waals surface area contributed by atoms with Gasteiger partial charge in [0.1, 0.15) is 30.5 Å². The van der Waals surface area contributed by atoms with Crippen molar-refractivity contribution in [1.82, 2.24) is 0 Å². The van der Waals surface area contributed by atoms with Crippen LogP contribution in [0.5, 0.6) is 0 Å². The first-order valence-corrected chi connectivity index (χ1v) is 6.17. The molecule has 6 nitrogen and oxygen atoms in total. The zero-order chi connectivity index (χ0) is 14.0. The van der Waals surface area contributed by atoms with E-state index in [4.69, 9.17) is 15.6 Å². The molecule has 2 rings (SSSR count). The number of benzene rings is 1. The molecule has 1 aliphatic heterocycles. The number of hydrogen-bond acceptors (Lipinski definition) is 6. The van der Waals surface area contributed by atoms with Gasteiger partial charge in [0, 0.05) is 0 Å². The zero-order valence-electron chi connectivity index (χ0n) is 10.3. The molecule has 0 aliphatic carbocycles. The Morgan fingerprint density at radius 2 is 1.68 bits per heavy atom. The van der Waals surface area contributed by atoms with Gasteiger partial charge in [-0.05, 0) is 5.56 Å². The Bertz CT molecular complexity index is 399. The molecule has 1 fully saturated rings. The van der Waals surface area contributed by atoms with Gasteiger partial charge < -0.3 is 30.9 Å². The van der Waals surface area contributed by atoms with E-state index in [1.54, 1.807) is 24.3 Å². The number of ether oxygens (including phenoxy) is 1. The Morgan fingerprint density at radius 3 is 2.26 bits per heavy atom. The van der Waals surface area contributed by atoms with Gasteiger partial charge in [-0.25, -0.2) is 0 Å². The van der Waals surface area contributed by atoms with Crippen molar-refractivity contribution in [3.63, 3.8) is 0 Å². The lowest BCUT2D eigenvalue weighted by atomic mass is 9.89.